The van der Waals surface area contributed by atoms with Crippen LogP contribution in [0.4, 0.5) is 10.5 Å². The van der Waals surface area contributed by atoms with Crippen molar-refractivity contribution in [3.05, 3.63) is 28.8 Å². The number of cyclic esters (lactones) is 1. The van der Waals surface area contributed by atoms with E-state index in [0.29, 0.717) is 29.3 Å². The van der Waals surface area contributed by atoms with Crippen LogP contribution in [-0.2, 0) is 28.9 Å². The van der Waals surface area contributed by atoms with Gasteiger partial charge in [-0.05, 0) is 44.9 Å². The average Bonchev–Trinajstić information content (AvgIpc) is 3.13. The van der Waals surface area contributed by atoms with Crippen LogP contribution in [-0.4, -0.2) is 57.0 Å². The van der Waals surface area contributed by atoms with Gasteiger partial charge < -0.3 is 9.47 Å². The Balaban J connectivity index is 1.72. The van der Waals surface area contributed by atoms with E-state index in [1.54, 1.807) is 25.1 Å². The van der Waals surface area contributed by atoms with E-state index >= 15 is 0 Å². The first-order chi connectivity index (χ1) is 15.5. The van der Waals surface area contributed by atoms with E-state index < -0.39 is 39.0 Å². The van der Waals surface area contributed by atoms with Crippen LogP contribution >= 0.6 is 11.6 Å². The summed E-state index contributed by atoms with van der Waals surface area (Å²) in [5.41, 5.74) is 3.33. The molecule has 0 radical (unpaired) electrons. The summed E-state index contributed by atoms with van der Waals surface area (Å²) < 4.78 is 34.0. The number of rotatable bonds is 7. The second-order valence-corrected chi connectivity index (χ2v) is 11.1. The summed E-state index contributed by atoms with van der Waals surface area (Å²) in [6.07, 6.45) is 0.961. The molecule has 0 aliphatic carbocycles. The van der Waals surface area contributed by atoms with Crippen molar-refractivity contribution in [1.29, 1.82) is 0 Å². The Kier molecular flexibility index (Phi) is 7.90. The van der Waals surface area contributed by atoms with Crippen molar-refractivity contribution in [1.82, 2.24) is 5.48 Å². The summed E-state index contributed by atoms with van der Waals surface area (Å²) in [5.74, 6) is 4.77. The zero-order valence-electron chi connectivity index (χ0n) is 18.7. The Morgan fingerprint density at radius 1 is 1.39 bits per heavy atom. The molecular weight excluding hydrogens is 472 g/mol. The van der Waals surface area contributed by atoms with Crippen LogP contribution in [0.2, 0.25) is 5.02 Å². The van der Waals surface area contributed by atoms with Crippen LogP contribution in [0, 0.1) is 11.8 Å². The molecule has 3 atom stereocenters. The normalized spacial score (nSPS) is 22.7. The highest BCUT2D eigenvalue weighted by molar-refractivity contribution is 7.92. The lowest BCUT2D eigenvalue weighted by atomic mass is 10.0. The molecule has 9 nitrogen and oxygen atoms in total. The van der Waals surface area contributed by atoms with Gasteiger partial charge in [0.2, 0.25) is 0 Å². The molecule has 0 saturated carbocycles. The van der Waals surface area contributed by atoms with Crippen LogP contribution in [0.25, 0.3) is 0 Å². The van der Waals surface area contributed by atoms with Crippen molar-refractivity contribution >= 4 is 39.1 Å². The third-order valence-corrected chi connectivity index (χ3v) is 8.04. The molecule has 1 aromatic carbocycles. The van der Waals surface area contributed by atoms with Gasteiger partial charge in [0.05, 0.1) is 11.6 Å². The molecular formula is C22H27ClN2O7S. The highest BCUT2D eigenvalue weighted by Crippen LogP contribution is 2.31. The summed E-state index contributed by atoms with van der Waals surface area (Å²) in [6.45, 7) is 3.54. The molecule has 2 saturated heterocycles. The lowest BCUT2D eigenvalue weighted by molar-refractivity contribution is -0.201. The number of hydroxylamine groups is 1. The third-order valence-electron chi connectivity index (χ3n) is 5.73. The number of benzene rings is 1. The summed E-state index contributed by atoms with van der Waals surface area (Å²) in [5, 5.41) is 0.375. The number of hydrogen-bond donors (Lipinski definition) is 1. The second kappa shape index (κ2) is 10.3. The number of sulfone groups is 1. The average molecular weight is 499 g/mol. The molecule has 0 bridgehead atoms. The molecule has 1 unspecified atom stereocenters. The Hall–Kier alpha value is -2.32. The van der Waals surface area contributed by atoms with Crippen LogP contribution in [0.5, 0.6) is 0 Å². The van der Waals surface area contributed by atoms with Crippen molar-refractivity contribution in [2.24, 2.45) is 0 Å². The maximum absolute atomic E-state index is 12.9. The summed E-state index contributed by atoms with van der Waals surface area (Å²) >= 11 is 6.24. The minimum absolute atomic E-state index is 0.0545. The quantitative estimate of drug-likeness (QED) is 0.454. The summed E-state index contributed by atoms with van der Waals surface area (Å²) in [7, 11) is -3.90. The molecule has 2 heterocycles. The Morgan fingerprint density at radius 2 is 2.15 bits per heavy atom. The number of ether oxygens (including phenoxy) is 2. The van der Waals surface area contributed by atoms with E-state index in [4.69, 9.17) is 25.9 Å². The van der Waals surface area contributed by atoms with E-state index in [0.717, 1.165) is 19.1 Å². The van der Waals surface area contributed by atoms with Gasteiger partial charge in [-0.15, -0.1) is 5.92 Å². The number of carbonyl (C=O) groups excluding carboxylic acids is 2. The minimum atomic E-state index is -3.90. The molecule has 2 amide bonds. The Labute approximate surface area is 198 Å². The first-order valence-electron chi connectivity index (χ1n) is 10.5. The number of anilines is 1. The molecule has 33 heavy (non-hydrogen) atoms. The van der Waals surface area contributed by atoms with Gasteiger partial charge in [0.1, 0.15) is 6.10 Å². The second-order valence-electron chi connectivity index (χ2n) is 8.21. The lowest BCUT2D eigenvalue weighted by Crippen LogP contribution is -2.53. The van der Waals surface area contributed by atoms with Gasteiger partial charge in [-0.1, -0.05) is 17.5 Å². The maximum Gasteiger partial charge on any atom is 0.414 e. The molecule has 1 aromatic rings. The maximum atomic E-state index is 12.9. The van der Waals surface area contributed by atoms with Crippen LogP contribution < -0.4 is 10.4 Å². The van der Waals surface area contributed by atoms with Crippen molar-refractivity contribution in [2.75, 3.05) is 24.3 Å². The van der Waals surface area contributed by atoms with E-state index in [1.165, 1.54) is 11.8 Å². The van der Waals surface area contributed by atoms with Crippen molar-refractivity contribution in [3.8, 4) is 11.8 Å². The Morgan fingerprint density at radius 3 is 2.76 bits per heavy atom. The zero-order chi connectivity index (χ0) is 24.2. The largest absolute Gasteiger partial charge is 0.444 e. The SMILES string of the molecule is CC#Cc1ccc(N2C[C@H](C[C@](C)(C(=O)NOC3CCCCO3)S(C)(=O)=O)OC2=O)cc1Cl. The fourth-order valence-corrected chi connectivity index (χ4v) is 4.71. The molecule has 0 spiro atoms. The van der Waals surface area contributed by atoms with E-state index in [2.05, 4.69) is 17.3 Å². The monoisotopic (exact) mass is 498 g/mol. The zero-order valence-corrected chi connectivity index (χ0v) is 20.3. The number of hydrogen-bond acceptors (Lipinski definition) is 7. The standard InChI is InChI=1S/C22H27ClN2O7S/c1-4-7-15-9-10-16(12-18(15)23)25-14-17(31-21(25)27)13-22(2,33(3,28)29)20(26)24-32-19-8-5-6-11-30-19/h9-10,12,17,19H,5-6,8,11,13-14H2,1-3H3,(H,24,26)/t17-,19?,22+/m0/s1. The molecule has 180 valence electrons. The van der Waals surface area contributed by atoms with Gasteiger partial charge >= 0.3 is 6.09 Å². The van der Waals surface area contributed by atoms with E-state index in [1.807, 2.05) is 0 Å². The molecule has 2 aliphatic rings. The number of carbonyl (C=O) groups is 2. The first-order valence-corrected chi connectivity index (χ1v) is 12.8. The highest BCUT2D eigenvalue weighted by atomic mass is 35.5. The molecule has 2 fully saturated rings. The van der Waals surface area contributed by atoms with Gasteiger partial charge in [-0.25, -0.2) is 23.5 Å². The summed E-state index contributed by atoms with van der Waals surface area (Å²) in [4.78, 5) is 32.0. The molecule has 0 aromatic heterocycles. The van der Waals surface area contributed by atoms with Crippen molar-refractivity contribution in [2.45, 2.75) is 56.7 Å². The van der Waals surface area contributed by atoms with Crippen LogP contribution in [0.1, 0.15) is 45.1 Å². The Bertz CT molecular complexity index is 1080. The minimum Gasteiger partial charge on any atom is -0.444 e. The fourth-order valence-electron chi connectivity index (χ4n) is 3.62. The fraction of sp³-hybridized carbons (Fsp3) is 0.545. The van der Waals surface area contributed by atoms with Crippen LogP contribution in [0.15, 0.2) is 18.2 Å². The number of nitrogens with one attached hydrogen (secondary N) is 1. The van der Waals surface area contributed by atoms with E-state index in [9.17, 15) is 18.0 Å². The molecule has 11 heteroatoms. The lowest BCUT2D eigenvalue weighted by Gasteiger charge is -2.29. The third kappa shape index (κ3) is 5.79. The van der Waals surface area contributed by atoms with Gasteiger partial charge in [0.25, 0.3) is 5.91 Å². The topological polar surface area (TPSA) is 111 Å². The smallest absolute Gasteiger partial charge is 0.414 e. The van der Waals surface area contributed by atoms with Gasteiger partial charge in [0, 0.05) is 37.0 Å². The molecule has 3 rings (SSSR count). The van der Waals surface area contributed by atoms with Gasteiger partial charge in [0.15, 0.2) is 20.9 Å². The van der Waals surface area contributed by atoms with Crippen LogP contribution in [0.3, 0.4) is 0 Å². The van der Waals surface area contributed by atoms with E-state index in [-0.39, 0.29) is 13.0 Å². The number of halogens is 1. The predicted octanol–water partition coefficient (Wildman–Crippen LogP) is 2.80. The predicted molar refractivity (Wildman–Crippen MR) is 122 cm³/mol. The van der Waals surface area contributed by atoms with Crippen molar-refractivity contribution < 1.29 is 32.3 Å². The molecule has 2 aliphatic heterocycles. The summed E-state index contributed by atoms with van der Waals surface area (Å²) in [6, 6.07) is 4.95. The molecule has 1 N–H and O–H groups in total. The van der Waals surface area contributed by atoms with Gasteiger partial charge in [-0.2, -0.15) is 0 Å². The number of nitrogens with zero attached hydrogens (tertiary/aromatic N) is 1. The first kappa shape index (κ1) is 25.3. The van der Waals surface area contributed by atoms with Gasteiger partial charge in [-0.3, -0.25) is 9.69 Å². The number of amides is 2. The highest BCUT2D eigenvalue weighted by Gasteiger charge is 2.48. The van der Waals surface area contributed by atoms with Crippen molar-refractivity contribution in [3.63, 3.8) is 0 Å².